The van der Waals surface area contributed by atoms with Crippen LogP contribution >= 0.6 is 0 Å². The Morgan fingerprint density at radius 2 is 2.14 bits per heavy atom. The van der Waals surface area contributed by atoms with Crippen LogP contribution in [0.2, 0.25) is 0 Å². The van der Waals surface area contributed by atoms with Crippen LogP contribution < -0.4 is 5.43 Å². The molecule has 0 saturated heterocycles. The predicted octanol–water partition coefficient (Wildman–Crippen LogP) is 3.76. The molecule has 2 atom stereocenters. The smallest absolute Gasteiger partial charge is 0.294 e. The van der Waals surface area contributed by atoms with E-state index in [1.54, 1.807) is 18.2 Å². The zero-order valence-corrected chi connectivity index (χ0v) is 11.5. The Hall–Kier alpha value is -2.63. The second-order valence-corrected chi connectivity index (χ2v) is 5.20. The number of hydrazone groups is 1. The molecule has 0 unspecified atom stereocenters. The molecule has 6 heteroatoms. The quantitative estimate of drug-likeness (QED) is 0.515. The molecule has 1 aliphatic rings. The number of nitro groups is 1. The van der Waals surface area contributed by atoms with Gasteiger partial charge in [0, 0.05) is 12.0 Å². The Balaban J connectivity index is 1.67. The molecule has 108 valence electrons. The molecule has 1 aliphatic carbocycles. The van der Waals surface area contributed by atoms with Gasteiger partial charge in [-0.25, -0.2) is 0 Å². The van der Waals surface area contributed by atoms with E-state index in [-0.39, 0.29) is 5.69 Å². The molecule has 0 aliphatic heterocycles. The van der Waals surface area contributed by atoms with Crippen molar-refractivity contribution in [3.63, 3.8) is 0 Å². The lowest BCUT2D eigenvalue weighted by atomic mass is 10.3. The average Bonchev–Trinajstić information content (AvgIpc) is 3.01. The van der Waals surface area contributed by atoms with E-state index < -0.39 is 4.92 Å². The lowest BCUT2D eigenvalue weighted by molar-refractivity contribution is -0.384. The highest BCUT2D eigenvalue weighted by Gasteiger charge is 2.36. The molecule has 21 heavy (non-hydrogen) atoms. The van der Waals surface area contributed by atoms with E-state index in [0.717, 1.165) is 5.76 Å². The summed E-state index contributed by atoms with van der Waals surface area (Å²) in [5.41, 5.74) is 3.01. The summed E-state index contributed by atoms with van der Waals surface area (Å²) < 4.78 is 5.67. The maximum Gasteiger partial charge on any atom is 0.294 e. The number of benzene rings is 1. The van der Waals surface area contributed by atoms with Gasteiger partial charge in [-0.2, -0.15) is 5.10 Å². The van der Waals surface area contributed by atoms with Gasteiger partial charge in [0.05, 0.1) is 11.1 Å². The lowest BCUT2D eigenvalue weighted by Gasteiger charge is -2.00. The summed E-state index contributed by atoms with van der Waals surface area (Å²) in [6.07, 6.45) is 2.69. The van der Waals surface area contributed by atoms with Gasteiger partial charge in [-0.05, 0) is 30.5 Å². The molecule has 0 amide bonds. The third-order valence-corrected chi connectivity index (χ3v) is 3.60. The minimum absolute atomic E-state index is 0.0124. The van der Waals surface area contributed by atoms with Crippen LogP contribution in [0, 0.1) is 16.0 Å². The van der Waals surface area contributed by atoms with Gasteiger partial charge < -0.3 is 4.42 Å². The second-order valence-electron chi connectivity index (χ2n) is 5.20. The number of furan rings is 1. The first kappa shape index (κ1) is 13.4. The van der Waals surface area contributed by atoms with Crippen LogP contribution in [0.5, 0.6) is 0 Å². The number of hydrogen-bond donors (Lipinski definition) is 1. The first-order valence-electron chi connectivity index (χ1n) is 6.77. The first-order chi connectivity index (χ1) is 10.1. The van der Waals surface area contributed by atoms with Gasteiger partial charge >= 0.3 is 0 Å². The molecular weight excluding hydrogens is 270 g/mol. The van der Waals surface area contributed by atoms with Gasteiger partial charge in [-0.1, -0.05) is 19.1 Å². The summed E-state index contributed by atoms with van der Waals surface area (Å²) in [7, 11) is 0. The lowest BCUT2D eigenvalue weighted by Crippen LogP contribution is -1.96. The average molecular weight is 285 g/mol. The van der Waals surface area contributed by atoms with Gasteiger partial charge in [0.25, 0.3) is 5.69 Å². The van der Waals surface area contributed by atoms with Crippen molar-refractivity contribution in [2.75, 3.05) is 5.43 Å². The van der Waals surface area contributed by atoms with Gasteiger partial charge in [0.15, 0.2) is 0 Å². The topological polar surface area (TPSA) is 80.7 Å². The zero-order valence-electron chi connectivity index (χ0n) is 11.5. The third kappa shape index (κ3) is 2.94. The molecule has 0 radical (unpaired) electrons. The summed E-state index contributed by atoms with van der Waals surface area (Å²) in [4.78, 5) is 10.4. The van der Waals surface area contributed by atoms with E-state index in [0.29, 0.717) is 23.3 Å². The Morgan fingerprint density at radius 3 is 2.86 bits per heavy atom. The van der Waals surface area contributed by atoms with Gasteiger partial charge in [-0.15, -0.1) is 0 Å². The highest BCUT2D eigenvalue weighted by molar-refractivity contribution is 5.77. The van der Waals surface area contributed by atoms with Crippen LogP contribution in [-0.4, -0.2) is 11.1 Å². The highest BCUT2D eigenvalue weighted by Crippen LogP contribution is 2.47. The number of nitro benzene ring substituents is 1. The van der Waals surface area contributed by atoms with E-state index in [4.69, 9.17) is 4.42 Å². The monoisotopic (exact) mass is 285 g/mol. The Kier molecular flexibility index (Phi) is 3.43. The van der Waals surface area contributed by atoms with Crippen LogP contribution in [0.1, 0.15) is 30.8 Å². The van der Waals surface area contributed by atoms with Crippen molar-refractivity contribution in [3.8, 4) is 0 Å². The fourth-order valence-electron chi connectivity index (χ4n) is 2.25. The van der Waals surface area contributed by atoms with Crippen LogP contribution in [-0.2, 0) is 0 Å². The highest BCUT2D eigenvalue weighted by atomic mass is 16.6. The number of para-hydroxylation sites is 2. The minimum Gasteiger partial charge on any atom is -0.460 e. The molecule has 1 heterocycles. The molecule has 1 fully saturated rings. The molecule has 1 saturated carbocycles. The number of hydrogen-bond acceptors (Lipinski definition) is 5. The molecule has 2 aromatic rings. The Morgan fingerprint density at radius 1 is 1.38 bits per heavy atom. The Labute approximate surface area is 121 Å². The van der Waals surface area contributed by atoms with E-state index in [9.17, 15) is 10.1 Å². The van der Waals surface area contributed by atoms with Crippen LogP contribution in [0.3, 0.4) is 0 Å². The van der Waals surface area contributed by atoms with Crippen molar-refractivity contribution >= 4 is 17.6 Å². The Bertz CT molecular complexity index is 693. The van der Waals surface area contributed by atoms with Gasteiger partial charge in [0.2, 0.25) is 0 Å². The van der Waals surface area contributed by atoms with Crippen molar-refractivity contribution < 1.29 is 9.34 Å². The third-order valence-electron chi connectivity index (χ3n) is 3.60. The molecule has 6 nitrogen and oxygen atoms in total. The maximum absolute atomic E-state index is 10.9. The molecule has 0 spiro atoms. The largest absolute Gasteiger partial charge is 0.460 e. The molecule has 0 bridgehead atoms. The predicted molar refractivity (Wildman–Crippen MR) is 79.5 cm³/mol. The summed E-state index contributed by atoms with van der Waals surface area (Å²) >= 11 is 0. The molecule has 1 N–H and O–H groups in total. The normalized spacial score (nSPS) is 20.6. The van der Waals surface area contributed by atoms with E-state index in [2.05, 4.69) is 17.5 Å². The van der Waals surface area contributed by atoms with Crippen molar-refractivity contribution in [2.24, 2.45) is 11.0 Å². The summed E-state index contributed by atoms with van der Waals surface area (Å²) in [6.45, 7) is 2.19. The van der Waals surface area contributed by atoms with Gasteiger partial charge in [-0.3, -0.25) is 15.5 Å². The standard InChI is InChI=1S/C15H15N3O3/c1-10-8-12(10)15-7-6-11(21-15)9-16-17-13-4-2-3-5-14(13)18(19)20/h2-7,9-10,12,17H,8H2,1H3/b16-9-/t10-,12+/m0/s1. The molecule has 3 rings (SSSR count). The van der Waals surface area contributed by atoms with Crippen molar-refractivity contribution in [2.45, 2.75) is 19.3 Å². The molecular formula is C15H15N3O3. The maximum atomic E-state index is 10.9. The summed E-state index contributed by atoms with van der Waals surface area (Å²) in [6, 6.07) is 10.2. The number of nitrogens with one attached hydrogen (secondary N) is 1. The van der Waals surface area contributed by atoms with Crippen molar-refractivity contribution in [1.82, 2.24) is 0 Å². The first-order valence-corrected chi connectivity index (χ1v) is 6.77. The van der Waals surface area contributed by atoms with E-state index in [1.807, 2.05) is 12.1 Å². The molecule has 1 aromatic heterocycles. The summed E-state index contributed by atoms with van der Waals surface area (Å²) in [5, 5.41) is 14.9. The SMILES string of the molecule is C[C@H]1C[C@H]1c1ccc(/C=N\Nc2ccccc2[N+](=O)[O-])o1. The van der Waals surface area contributed by atoms with Gasteiger partial charge in [0.1, 0.15) is 17.2 Å². The van der Waals surface area contributed by atoms with E-state index in [1.165, 1.54) is 18.7 Å². The number of nitrogens with zero attached hydrogens (tertiary/aromatic N) is 2. The van der Waals surface area contributed by atoms with Crippen LogP contribution in [0.25, 0.3) is 0 Å². The number of rotatable bonds is 5. The van der Waals surface area contributed by atoms with Crippen LogP contribution in [0.4, 0.5) is 11.4 Å². The summed E-state index contributed by atoms with van der Waals surface area (Å²) in [5.74, 6) is 2.83. The zero-order chi connectivity index (χ0) is 14.8. The fourth-order valence-corrected chi connectivity index (χ4v) is 2.25. The second kappa shape index (κ2) is 5.40. The molecule has 1 aromatic carbocycles. The number of anilines is 1. The van der Waals surface area contributed by atoms with Crippen molar-refractivity contribution in [3.05, 3.63) is 58.0 Å². The fraction of sp³-hybridized carbons (Fsp3) is 0.267. The van der Waals surface area contributed by atoms with Crippen molar-refractivity contribution in [1.29, 1.82) is 0 Å². The minimum atomic E-state index is -0.447. The van der Waals surface area contributed by atoms with Crippen LogP contribution in [0.15, 0.2) is 45.9 Å². The van der Waals surface area contributed by atoms with E-state index >= 15 is 0 Å².